The van der Waals surface area contributed by atoms with Crippen LogP contribution in [0.5, 0.6) is 17.2 Å². The molecule has 0 saturated carbocycles. The van der Waals surface area contributed by atoms with Crippen molar-refractivity contribution in [2.45, 2.75) is 6.04 Å². The molecule has 0 amide bonds. The number of hydrogen-bond acceptors (Lipinski definition) is 4. The topological polar surface area (TPSA) is 49.6 Å². The van der Waals surface area contributed by atoms with Crippen LogP contribution in [-0.2, 0) is 0 Å². The highest BCUT2D eigenvalue weighted by molar-refractivity contribution is 5.53. The summed E-state index contributed by atoms with van der Waals surface area (Å²) in [6.07, 6.45) is 0. The van der Waals surface area contributed by atoms with Crippen LogP contribution < -0.4 is 19.5 Å². The monoisotopic (exact) mass is 209 g/mol. The van der Waals surface area contributed by atoms with Gasteiger partial charge in [-0.15, -0.1) is 0 Å². The molecule has 0 bridgehead atoms. The molecule has 1 N–H and O–H groups in total. The van der Waals surface area contributed by atoms with Gasteiger partial charge in [0.25, 0.3) is 0 Å². The molecule has 4 heteroatoms. The Bertz CT molecular complexity index is 336. The summed E-state index contributed by atoms with van der Waals surface area (Å²) < 4.78 is 15.8. The second-order valence-electron chi connectivity index (χ2n) is 3.41. The minimum atomic E-state index is 0.348. The Labute approximate surface area is 89.1 Å². The standard InChI is InChI=1S/C11H15NO3/c1-13-7-4-9(14-2)11(8-6-12-8)10(5-7)15-3/h4-5,8,12H,6H2,1-3H3. The summed E-state index contributed by atoms with van der Waals surface area (Å²) in [5.41, 5.74) is 1.07. The van der Waals surface area contributed by atoms with Crippen LogP contribution in [0.2, 0.25) is 0 Å². The minimum absolute atomic E-state index is 0.348. The smallest absolute Gasteiger partial charge is 0.131 e. The number of benzene rings is 1. The first-order chi connectivity index (χ1) is 7.30. The fourth-order valence-electron chi connectivity index (χ4n) is 1.64. The van der Waals surface area contributed by atoms with Gasteiger partial charge in [0, 0.05) is 18.7 Å². The van der Waals surface area contributed by atoms with E-state index in [1.54, 1.807) is 21.3 Å². The van der Waals surface area contributed by atoms with Crippen molar-refractivity contribution in [3.05, 3.63) is 17.7 Å². The Kier molecular flexibility index (Phi) is 2.68. The molecule has 1 aromatic rings. The van der Waals surface area contributed by atoms with Crippen molar-refractivity contribution in [1.29, 1.82) is 0 Å². The van der Waals surface area contributed by atoms with Gasteiger partial charge in [0.1, 0.15) is 17.2 Å². The van der Waals surface area contributed by atoms with Crippen molar-refractivity contribution >= 4 is 0 Å². The molecule has 1 unspecified atom stereocenters. The Hall–Kier alpha value is -1.42. The minimum Gasteiger partial charge on any atom is -0.496 e. The molecule has 1 aliphatic rings. The van der Waals surface area contributed by atoms with Crippen molar-refractivity contribution in [2.24, 2.45) is 0 Å². The Morgan fingerprint density at radius 3 is 1.93 bits per heavy atom. The van der Waals surface area contributed by atoms with Crippen LogP contribution in [0.3, 0.4) is 0 Å². The van der Waals surface area contributed by atoms with Crippen molar-refractivity contribution in [2.75, 3.05) is 27.9 Å². The van der Waals surface area contributed by atoms with E-state index in [0.29, 0.717) is 6.04 Å². The van der Waals surface area contributed by atoms with Gasteiger partial charge in [-0.25, -0.2) is 0 Å². The highest BCUT2D eigenvalue weighted by Gasteiger charge is 2.30. The number of hydrogen-bond donors (Lipinski definition) is 1. The lowest BCUT2D eigenvalue weighted by atomic mass is 10.1. The summed E-state index contributed by atoms with van der Waals surface area (Å²) in [7, 11) is 4.93. The fourth-order valence-corrected chi connectivity index (χ4v) is 1.64. The Morgan fingerprint density at radius 2 is 1.60 bits per heavy atom. The van der Waals surface area contributed by atoms with Gasteiger partial charge in [0.2, 0.25) is 0 Å². The summed E-state index contributed by atoms with van der Waals surface area (Å²) in [4.78, 5) is 0. The van der Waals surface area contributed by atoms with E-state index in [0.717, 1.165) is 29.4 Å². The third kappa shape index (κ3) is 1.85. The largest absolute Gasteiger partial charge is 0.496 e. The molecule has 1 heterocycles. The summed E-state index contributed by atoms with van der Waals surface area (Å²) >= 11 is 0. The zero-order valence-corrected chi connectivity index (χ0v) is 9.16. The molecular weight excluding hydrogens is 194 g/mol. The van der Waals surface area contributed by atoms with Gasteiger partial charge < -0.3 is 19.5 Å². The normalized spacial score (nSPS) is 18.5. The lowest BCUT2D eigenvalue weighted by Gasteiger charge is -2.13. The summed E-state index contributed by atoms with van der Waals surface area (Å²) in [6, 6.07) is 4.09. The van der Waals surface area contributed by atoms with Crippen LogP contribution >= 0.6 is 0 Å². The first-order valence-electron chi connectivity index (χ1n) is 4.83. The summed E-state index contributed by atoms with van der Waals surface area (Å²) in [6.45, 7) is 0.971. The lowest BCUT2D eigenvalue weighted by Crippen LogP contribution is -1.98. The van der Waals surface area contributed by atoms with E-state index in [1.807, 2.05) is 12.1 Å². The van der Waals surface area contributed by atoms with Crippen LogP contribution in [0, 0.1) is 0 Å². The van der Waals surface area contributed by atoms with Gasteiger partial charge >= 0.3 is 0 Å². The van der Waals surface area contributed by atoms with E-state index in [2.05, 4.69) is 5.32 Å². The maximum atomic E-state index is 5.33. The van der Waals surface area contributed by atoms with Crippen molar-refractivity contribution in [3.63, 3.8) is 0 Å². The first kappa shape index (κ1) is 10.1. The number of methoxy groups -OCH3 is 3. The maximum Gasteiger partial charge on any atom is 0.131 e. The third-order valence-corrected chi connectivity index (χ3v) is 2.51. The van der Waals surface area contributed by atoms with Gasteiger partial charge in [-0.1, -0.05) is 0 Å². The van der Waals surface area contributed by atoms with E-state index >= 15 is 0 Å². The van der Waals surface area contributed by atoms with Gasteiger partial charge in [-0.05, 0) is 0 Å². The first-order valence-corrected chi connectivity index (χ1v) is 4.83. The van der Waals surface area contributed by atoms with E-state index in [4.69, 9.17) is 14.2 Å². The second kappa shape index (κ2) is 3.98. The molecule has 1 saturated heterocycles. The molecule has 2 rings (SSSR count). The fraction of sp³-hybridized carbons (Fsp3) is 0.455. The zero-order chi connectivity index (χ0) is 10.8. The highest BCUT2D eigenvalue weighted by atomic mass is 16.5. The predicted octanol–water partition coefficient (Wildman–Crippen LogP) is 1.36. The molecule has 0 radical (unpaired) electrons. The maximum absolute atomic E-state index is 5.33. The molecule has 1 aliphatic heterocycles. The van der Waals surface area contributed by atoms with E-state index in [1.165, 1.54) is 0 Å². The molecule has 15 heavy (non-hydrogen) atoms. The average molecular weight is 209 g/mol. The van der Waals surface area contributed by atoms with Crippen molar-refractivity contribution < 1.29 is 14.2 Å². The molecule has 0 aliphatic carbocycles. The van der Waals surface area contributed by atoms with Crippen LogP contribution in [0.4, 0.5) is 0 Å². The Morgan fingerprint density at radius 1 is 1.07 bits per heavy atom. The van der Waals surface area contributed by atoms with E-state index in [9.17, 15) is 0 Å². The van der Waals surface area contributed by atoms with Crippen LogP contribution in [0.15, 0.2) is 12.1 Å². The number of nitrogens with one attached hydrogen (secondary N) is 1. The van der Waals surface area contributed by atoms with Gasteiger partial charge in [0.05, 0.1) is 32.9 Å². The molecule has 1 aromatic carbocycles. The van der Waals surface area contributed by atoms with Crippen molar-refractivity contribution in [3.8, 4) is 17.2 Å². The van der Waals surface area contributed by atoms with E-state index in [-0.39, 0.29) is 0 Å². The van der Waals surface area contributed by atoms with Crippen LogP contribution in [0.1, 0.15) is 11.6 Å². The summed E-state index contributed by atoms with van der Waals surface area (Å²) in [5, 5.41) is 3.24. The average Bonchev–Trinajstić information content (AvgIpc) is 3.10. The van der Waals surface area contributed by atoms with Crippen molar-refractivity contribution in [1.82, 2.24) is 5.32 Å². The van der Waals surface area contributed by atoms with Gasteiger partial charge in [0.15, 0.2) is 0 Å². The van der Waals surface area contributed by atoms with Gasteiger partial charge in [-0.2, -0.15) is 0 Å². The quantitative estimate of drug-likeness (QED) is 0.761. The zero-order valence-electron chi connectivity index (χ0n) is 9.16. The number of ether oxygens (including phenoxy) is 3. The molecule has 1 atom stereocenters. The summed E-state index contributed by atoms with van der Waals surface area (Å²) in [5.74, 6) is 2.36. The van der Waals surface area contributed by atoms with Crippen LogP contribution in [-0.4, -0.2) is 27.9 Å². The SMILES string of the molecule is COc1cc(OC)c(C2CN2)c(OC)c1. The number of rotatable bonds is 4. The second-order valence-corrected chi connectivity index (χ2v) is 3.41. The Balaban J connectivity index is 2.48. The molecule has 4 nitrogen and oxygen atoms in total. The molecule has 1 fully saturated rings. The molecule has 0 spiro atoms. The van der Waals surface area contributed by atoms with Crippen LogP contribution in [0.25, 0.3) is 0 Å². The molecule has 82 valence electrons. The third-order valence-electron chi connectivity index (χ3n) is 2.51. The predicted molar refractivity (Wildman–Crippen MR) is 56.8 cm³/mol. The molecular formula is C11H15NO3. The highest BCUT2D eigenvalue weighted by Crippen LogP contribution is 2.41. The molecule has 0 aromatic heterocycles. The van der Waals surface area contributed by atoms with E-state index < -0.39 is 0 Å². The lowest BCUT2D eigenvalue weighted by molar-refractivity contribution is 0.368. The van der Waals surface area contributed by atoms with Gasteiger partial charge in [-0.3, -0.25) is 0 Å².